The summed E-state index contributed by atoms with van der Waals surface area (Å²) in [4.78, 5) is 61.7. The Morgan fingerprint density at radius 2 is 0.391 bits per heavy atom. The van der Waals surface area contributed by atoms with E-state index in [0.717, 1.165) is 12.8 Å². The quantitative estimate of drug-likeness (QED) is 0.0256. The minimum Gasteiger partial charge on any atom is -0.463 e. The molecule has 654 valence electrons. The summed E-state index contributed by atoms with van der Waals surface area (Å²) in [6, 6.07) is 3.19. The molecule has 110 heavy (non-hydrogen) atoms. The molecule has 0 saturated heterocycles. The van der Waals surface area contributed by atoms with Crippen molar-refractivity contribution in [1.82, 2.24) is 0 Å². The van der Waals surface area contributed by atoms with Gasteiger partial charge in [-0.1, -0.05) is 0 Å². The van der Waals surface area contributed by atoms with E-state index in [9.17, 15) is 24.0 Å². The first-order valence-corrected chi connectivity index (χ1v) is 50.5. The summed E-state index contributed by atoms with van der Waals surface area (Å²) in [5, 5.41) is 9.02. The number of aliphatic hydroxyl groups excluding tert-OH is 1. The van der Waals surface area contributed by atoms with E-state index in [0.29, 0.717) is 181 Å². The van der Waals surface area contributed by atoms with Crippen molar-refractivity contribution in [1.29, 1.82) is 0 Å². The lowest BCUT2D eigenvalue weighted by Gasteiger charge is -2.28. The number of carbonyl (C=O) groups is 5. The van der Waals surface area contributed by atoms with Crippen LogP contribution in [0.4, 0.5) is 0 Å². The molecular weight excluding hydrogens is 1530 g/mol. The molecule has 0 aromatic carbocycles. The van der Waals surface area contributed by atoms with E-state index >= 15 is 0 Å². The predicted molar refractivity (Wildman–Crippen MR) is 421 cm³/mol. The Kier molecular flexibility index (Phi) is 75.0. The zero-order valence-electron chi connectivity index (χ0n) is 70.3. The Hall–Kier alpha value is -2.45. The Bertz CT molecular complexity index is 2000. The fraction of sp³-hybridized carbons (Fsp3) is 0.932. The van der Waals surface area contributed by atoms with Crippen LogP contribution in [0.3, 0.4) is 0 Å². The standard InChI is InChI=1S/C42H86O18Si3.C31H64O14Si2/c1-10-52-61(53-11-2,54-12-3)34-22-19-25-40(43)49-30-28-46-37-39(48-32-33-51-42(45)27-21-24-36-63(58-16-7,59-17-8)60-18-9)38-47-29-31-50-41(44)26-20-23-35-62(55-13-4,56-14-5)57-15-6;1-7-40-46(41-8-2,42-9-3)25-15-13-17-30(33)38-22-21-36-28-29(27-35-20-19-32)37-23-24-39-31(34)18-14-16-26-47(43-10-4,44-11-5)45-12-6/h39H,10-38H2,1-9H3;29,32H,7-28H2,1-6H3. The lowest BCUT2D eigenvalue weighted by atomic mass is 10.2. The molecule has 32 nitrogen and oxygen atoms in total. The lowest BCUT2D eigenvalue weighted by Crippen LogP contribution is -2.45. The van der Waals surface area contributed by atoms with E-state index < -0.39 is 56.2 Å². The lowest BCUT2D eigenvalue weighted by molar-refractivity contribution is -0.150. The molecule has 1 unspecified atom stereocenters. The topological polar surface area (TPSA) is 346 Å². The summed E-state index contributed by atoms with van der Waals surface area (Å²) in [7, 11) is -13.7. The minimum atomic E-state index is -2.76. The van der Waals surface area contributed by atoms with Crippen LogP contribution in [0.25, 0.3) is 0 Å². The molecule has 0 spiro atoms. The number of hydrogen-bond donors (Lipinski definition) is 1. The van der Waals surface area contributed by atoms with Gasteiger partial charge in [0.2, 0.25) is 0 Å². The number of carbonyl (C=O) groups excluding carboxylic acids is 5. The second-order valence-corrected chi connectivity index (χ2v) is 37.7. The predicted octanol–water partition coefficient (Wildman–Crippen LogP) is 10.6. The molecule has 0 aromatic heterocycles. The van der Waals surface area contributed by atoms with Crippen molar-refractivity contribution in [2.24, 2.45) is 0 Å². The van der Waals surface area contributed by atoms with E-state index in [2.05, 4.69) is 0 Å². The molecule has 0 aromatic rings. The highest BCUT2D eigenvalue weighted by Crippen LogP contribution is 2.25. The van der Waals surface area contributed by atoms with Gasteiger partial charge in [0.25, 0.3) is 0 Å². The molecule has 0 rings (SSSR count). The number of aliphatic hydroxyl groups is 1. The molecule has 1 atom stereocenters. The summed E-state index contributed by atoms with van der Waals surface area (Å²) in [5.41, 5.74) is 0. The molecule has 0 aliphatic carbocycles. The molecule has 37 heteroatoms. The first-order valence-electron chi connectivity index (χ1n) is 40.8. The van der Waals surface area contributed by atoms with Gasteiger partial charge in [-0.3, -0.25) is 24.0 Å². The summed E-state index contributed by atoms with van der Waals surface area (Å²) in [6.07, 6.45) is 7.05. The number of ether oxygens (including phenoxy) is 11. The van der Waals surface area contributed by atoms with Gasteiger partial charge in [0, 0.05) is 161 Å². The maximum atomic E-state index is 12.5. The van der Waals surface area contributed by atoms with Crippen LogP contribution in [0.2, 0.25) is 30.2 Å². The maximum absolute atomic E-state index is 12.5. The minimum absolute atomic E-state index is 0.0483. The first kappa shape index (κ1) is 110. The van der Waals surface area contributed by atoms with Crippen molar-refractivity contribution >= 4 is 73.9 Å². The largest absolute Gasteiger partial charge is 0.500 e. The van der Waals surface area contributed by atoms with Crippen molar-refractivity contribution in [3.05, 3.63) is 0 Å². The number of rotatable bonds is 82. The van der Waals surface area contributed by atoms with E-state index in [-0.39, 0.29) is 168 Å². The van der Waals surface area contributed by atoms with Crippen molar-refractivity contribution in [3.63, 3.8) is 0 Å². The number of unbranched alkanes of at least 4 members (excludes halogenated alkanes) is 5. The first-order chi connectivity index (χ1) is 53.3. The van der Waals surface area contributed by atoms with Gasteiger partial charge in [0.15, 0.2) is 0 Å². The zero-order valence-corrected chi connectivity index (χ0v) is 75.3. The van der Waals surface area contributed by atoms with Gasteiger partial charge in [-0.2, -0.15) is 0 Å². The average molecular weight is 1680 g/mol. The highest BCUT2D eigenvalue weighted by Gasteiger charge is 2.43. The Morgan fingerprint density at radius 3 is 0.555 bits per heavy atom. The summed E-state index contributed by atoms with van der Waals surface area (Å²) in [5.74, 6) is -1.58. The zero-order chi connectivity index (χ0) is 82.0. The van der Waals surface area contributed by atoms with Crippen LogP contribution in [-0.4, -0.2) is 296 Å². The van der Waals surface area contributed by atoms with E-state index in [1.54, 1.807) is 0 Å². The third-order valence-electron chi connectivity index (χ3n) is 15.4. The van der Waals surface area contributed by atoms with Crippen LogP contribution in [0.1, 0.15) is 200 Å². The number of esters is 5. The van der Waals surface area contributed by atoms with Gasteiger partial charge in [-0.05, 0) is 168 Å². The third-order valence-corrected chi connectivity index (χ3v) is 31.1. The molecular formula is C73H150O32Si5. The molecule has 0 aliphatic heterocycles. The van der Waals surface area contributed by atoms with Gasteiger partial charge in [0.1, 0.15) is 45.2 Å². The van der Waals surface area contributed by atoms with E-state index in [4.69, 9.17) is 124 Å². The highest BCUT2D eigenvalue weighted by molar-refractivity contribution is 6.62. The monoisotopic (exact) mass is 1680 g/mol. The Labute approximate surface area is 665 Å². The van der Waals surface area contributed by atoms with Crippen molar-refractivity contribution in [3.8, 4) is 0 Å². The summed E-state index contributed by atoms with van der Waals surface area (Å²) in [6.45, 7) is 38.2. The molecule has 0 bridgehead atoms. The van der Waals surface area contributed by atoms with Gasteiger partial charge in [0.05, 0.1) is 72.7 Å². The van der Waals surface area contributed by atoms with Crippen molar-refractivity contribution in [2.75, 3.05) is 205 Å². The fourth-order valence-electron chi connectivity index (χ4n) is 11.0. The van der Waals surface area contributed by atoms with Crippen LogP contribution in [0, 0.1) is 0 Å². The molecule has 0 radical (unpaired) electrons. The highest BCUT2D eigenvalue weighted by atomic mass is 28.4. The number of hydrogen-bond acceptors (Lipinski definition) is 32. The van der Waals surface area contributed by atoms with Gasteiger partial charge < -0.3 is 124 Å². The van der Waals surface area contributed by atoms with Crippen LogP contribution in [0.5, 0.6) is 0 Å². The SMILES string of the molecule is CCO[Si](CCCCC(=O)OCCOCC(COCCO)OCCOC(=O)CCCC[Si](OCC)(OCC)OCC)(OCC)OCC.CCO[Si](CCCCC(=O)OCCOCC(COCCOC(=O)CCCC[Si](OCC)(OCC)OCC)OCCOC(=O)CCCC[Si](OCC)(OCC)OCC)(OCC)OCC. The van der Waals surface area contributed by atoms with E-state index in [1.807, 2.05) is 104 Å². The maximum Gasteiger partial charge on any atom is 0.500 e. The molecule has 0 fully saturated rings. The van der Waals surface area contributed by atoms with Gasteiger partial charge >= 0.3 is 73.9 Å². The van der Waals surface area contributed by atoms with E-state index in [1.165, 1.54) is 0 Å². The molecule has 1 N–H and O–H groups in total. The Balaban J connectivity index is 0. The normalized spacial score (nSPS) is 12.5. The third kappa shape index (κ3) is 58.4. The summed E-state index contributed by atoms with van der Waals surface area (Å²) < 4.78 is 149. The van der Waals surface area contributed by atoms with Crippen LogP contribution < -0.4 is 0 Å². The fourth-order valence-corrected chi connectivity index (χ4v) is 24.4. The molecule has 0 saturated carbocycles. The van der Waals surface area contributed by atoms with Crippen LogP contribution >= 0.6 is 0 Å². The molecule has 0 aliphatic rings. The second-order valence-electron chi connectivity index (χ2n) is 24.1. The van der Waals surface area contributed by atoms with Gasteiger partial charge in [-0.25, -0.2) is 0 Å². The van der Waals surface area contributed by atoms with Crippen molar-refractivity contribution in [2.45, 2.75) is 243 Å². The smallest absolute Gasteiger partial charge is 0.463 e. The van der Waals surface area contributed by atoms with Crippen LogP contribution in [0.15, 0.2) is 0 Å². The molecule has 0 amide bonds. The van der Waals surface area contributed by atoms with Crippen LogP contribution in [-0.2, 0) is 142 Å². The van der Waals surface area contributed by atoms with Gasteiger partial charge in [-0.15, -0.1) is 0 Å². The molecule has 0 heterocycles. The second kappa shape index (κ2) is 75.3. The Morgan fingerprint density at radius 1 is 0.227 bits per heavy atom. The van der Waals surface area contributed by atoms with Crippen molar-refractivity contribution < 1.29 is 148 Å². The summed E-state index contributed by atoms with van der Waals surface area (Å²) >= 11 is 0. The average Bonchev–Trinajstić information content (AvgIpc) is 0.903.